The number of hydrogen-bond acceptors (Lipinski definition) is 9. The zero-order chi connectivity index (χ0) is 32.8. The Morgan fingerprint density at radius 3 is 1.52 bits per heavy atom. The number of non-ortho nitro benzene ring substituents is 1. The Morgan fingerprint density at radius 1 is 0.717 bits per heavy atom. The lowest BCUT2D eigenvalue weighted by Gasteiger charge is -2.31. The molecular formula is C35H30NO9P. The summed E-state index contributed by atoms with van der Waals surface area (Å²) >= 11 is 0. The molecule has 0 radical (unpaired) electrons. The van der Waals surface area contributed by atoms with Gasteiger partial charge in [0.05, 0.1) is 38.7 Å². The molecule has 0 atom stereocenters. The van der Waals surface area contributed by atoms with E-state index in [2.05, 4.69) is 0 Å². The number of allylic oxidation sites excluding steroid dienone is 1. The van der Waals surface area contributed by atoms with Crippen molar-refractivity contribution in [2.45, 2.75) is 0 Å². The molecule has 0 aliphatic carbocycles. The van der Waals surface area contributed by atoms with Crippen LogP contribution >= 0.6 is 6.89 Å². The van der Waals surface area contributed by atoms with Crippen LogP contribution in [0.15, 0.2) is 115 Å². The van der Waals surface area contributed by atoms with Gasteiger partial charge in [-0.25, -0.2) is 9.59 Å². The minimum absolute atomic E-state index is 0.124. The Balaban J connectivity index is 1.99. The van der Waals surface area contributed by atoms with Crippen molar-refractivity contribution in [3.05, 3.63) is 130 Å². The first kappa shape index (κ1) is 31.8. The van der Waals surface area contributed by atoms with Gasteiger partial charge in [-0.2, -0.15) is 0 Å². The van der Waals surface area contributed by atoms with Gasteiger partial charge < -0.3 is 23.7 Å². The Labute approximate surface area is 265 Å². The van der Waals surface area contributed by atoms with Crippen molar-refractivity contribution in [2.75, 3.05) is 28.4 Å². The second-order valence-corrected chi connectivity index (χ2v) is 13.2. The van der Waals surface area contributed by atoms with Gasteiger partial charge in [-0.3, -0.25) is 10.1 Å². The standard InChI is InChI=1S/C35H30NO9P/c1-41-25-9-15-28(16-10-25)46(29-17-11-26(42-2)12-18-29,30-19-13-27(43-3)14-20-30)34-31(21-22-32(37)44-4)33(45-35(34)38)23-5-7-24(8-6-23)36(39)40/h5-22H,1-4H3/b22-21+. The molecule has 0 N–H and O–H groups in total. The zero-order valence-electron chi connectivity index (χ0n) is 25.5. The van der Waals surface area contributed by atoms with E-state index in [0.717, 1.165) is 15.9 Å². The summed E-state index contributed by atoms with van der Waals surface area (Å²) in [5.74, 6) is 0.745. The molecule has 1 aliphatic heterocycles. The lowest BCUT2D eigenvalue weighted by atomic mass is 10.1. The molecule has 0 saturated heterocycles. The number of rotatable bonds is 10. The number of esters is 2. The molecule has 4 aromatic carbocycles. The van der Waals surface area contributed by atoms with Crippen LogP contribution in [0.2, 0.25) is 0 Å². The molecule has 1 heterocycles. The van der Waals surface area contributed by atoms with Gasteiger partial charge in [0.1, 0.15) is 23.0 Å². The number of carbonyl (C=O) groups is 2. The lowest BCUT2D eigenvalue weighted by Crippen LogP contribution is -2.33. The summed E-state index contributed by atoms with van der Waals surface area (Å²) in [5, 5.41) is 14.1. The van der Waals surface area contributed by atoms with Gasteiger partial charge in [0.2, 0.25) is 0 Å². The Kier molecular flexibility index (Phi) is 9.39. The number of benzene rings is 4. The van der Waals surface area contributed by atoms with Crippen LogP contribution in [-0.4, -0.2) is 50.6 Å². The summed E-state index contributed by atoms with van der Waals surface area (Å²) in [5.41, 5.74) is 0.622. The van der Waals surface area contributed by atoms with E-state index in [9.17, 15) is 19.7 Å². The van der Waals surface area contributed by atoms with Crippen molar-refractivity contribution in [1.29, 1.82) is 0 Å². The summed E-state index contributed by atoms with van der Waals surface area (Å²) in [4.78, 5) is 37.7. The first-order valence-electron chi connectivity index (χ1n) is 13.9. The fourth-order valence-electron chi connectivity index (χ4n) is 5.31. The third kappa shape index (κ3) is 5.90. The van der Waals surface area contributed by atoms with E-state index < -0.39 is 23.7 Å². The fraction of sp³-hybridized carbons (Fsp3) is 0.114. The van der Waals surface area contributed by atoms with E-state index in [-0.39, 0.29) is 11.4 Å². The highest BCUT2D eigenvalue weighted by Crippen LogP contribution is 2.51. The van der Waals surface area contributed by atoms with E-state index in [1.165, 1.54) is 43.5 Å². The largest absolute Gasteiger partial charge is 0.497 e. The van der Waals surface area contributed by atoms with Crippen LogP contribution in [0.3, 0.4) is 0 Å². The third-order valence-electron chi connectivity index (χ3n) is 7.53. The van der Waals surface area contributed by atoms with Gasteiger partial charge in [-0.15, -0.1) is 0 Å². The predicted octanol–water partition coefficient (Wildman–Crippen LogP) is 4.78. The van der Waals surface area contributed by atoms with Crippen molar-refractivity contribution < 1.29 is 38.2 Å². The quantitative estimate of drug-likeness (QED) is 0.0793. The molecule has 0 unspecified atom stereocenters. The zero-order valence-corrected chi connectivity index (χ0v) is 26.4. The molecule has 10 nitrogen and oxygen atoms in total. The molecule has 0 amide bonds. The van der Waals surface area contributed by atoms with Gasteiger partial charge in [-0.1, -0.05) is 36.4 Å². The topological polar surface area (TPSA) is 123 Å². The average molecular weight is 640 g/mol. The van der Waals surface area contributed by atoms with Crippen LogP contribution < -0.4 is 30.1 Å². The first-order valence-corrected chi connectivity index (χ1v) is 15.7. The van der Waals surface area contributed by atoms with Crippen molar-refractivity contribution in [1.82, 2.24) is 0 Å². The number of nitrogens with zero attached hydrogens (tertiary/aromatic N) is 1. The summed E-state index contributed by atoms with van der Waals surface area (Å²) in [6.45, 7) is -3.15. The van der Waals surface area contributed by atoms with Crippen LogP contribution in [0.4, 0.5) is 5.69 Å². The smallest absolute Gasteiger partial charge is 0.345 e. The van der Waals surface area contributed by atoms with Gasteiger partial charge in [0.25, 0.3) is 5.69 Å². The minimum atomic E-state index is -3.15. The predicted molar refractivity (Wildman–Crippen MR) is 177 cm³/mol. The van der Waals surface area contributed by atoms with Gasteiger partial charge in [0.15, 0.2) is 0 Å². The Bertz CT molecular complexity index is 1770. The Morgan fingerprint density at radius 2 is 1.15 bits per heavy atom. The van der Waals surface area contributed by atoms with E-state index in [1.807, 2.05) is 72.8 Å². The molecule has 234 valence electrons. The van der Waals surface area contributed by atoms with Crippen molar-refractivity contribution in [2.24, 2.45) is 0 Å². The fourth-order valence-corrected chi connectivity index (χ4v) is 9.62. The van der Waals surface area contributed by atoms with Crippen molar-refractivity contribution >= 4 is 51.5 Å². The maximum Gasteiger partial charge on any atom is 0.345 e. The summed E-state index contributed by atoms with van der Waals surface area (Å²) < 4.78 is 27.3. The minimum Gasteiger partial charge on any atom is -0.497 e. The van der Waals surface area contributed by atoms with Crippen LogP contribution in [0.1, 0.15) is 5.56 Å². The molecule has 0 saturated carbocycles. The van der Waals surface area contributed by atoms with Gasteiger partial charge in [0, 0.05) is 29.3 Å². The summed E-state index contributed by atoms with van der Waals surface area (Å²) in [6.07, 6.45) is 2.71. The van der Waals surface area contributed by atoms with E-state index in [0.29, 0.717) is 33.7 Å². The molecule has 0 bridgehead atoms. The number of nitro benzene ring substituents is 1. The van der Waals surface area contributed by atoms with Crippen LogP contribution in [0.5, 0.6) is 17.2 Å². The SMILES string of the molecule is COC(=O)/C=C/C1=C(c2ccc([N+](=O)[O-])cc2)OC(=O)C1=P(c1ccc(OC)cc1)(c1ccc(OC)cc1)c1ccc(OC)cc1. The van der Waals surface area contributed by atoms with Crippen LogP contribution in [0, 0.1) is 10.1 Å². The molecule has 46 heavy (non-hydrogen) atoms. The van der Waals surface area contributed by atoms with Crippen molar-refractivity contribution in [3.63, 3.8) is 0 Å². The molecular weight excluding hydrogens is 609 g/mol. The number of ether oxygens (including phenoxy) is 5. The maximum absolute atomic E-state index is 14.4. The highest BCUT2D eigenvalue weighted by Gasteiger charge is 2.41. The van der Waals surface area contributed by atoms with Crippen LogP contribution in [0.25, 0.3) is 5.76 Å². The number of cyclic esters (lactones) is 1. The summed E-state index contributed by atoms with van der Waals surface area (Å²) in [6, 6.07) is 28.1. The normalized spacial score (nSPS) is 13.0. The maximum atomic E-state index is 14.4. The molecule has 5 rings (SSSR count). The monoisotopic (exact) mass is 639 g/mol. The molecule has 11 heteroatoms. The number of hydrogen-bond donors (Lipinski definition) is 0. The number of carbonyl (C=O) groups excluding carboxylic acids is 2. The van der Waals surface area contributed by atoms with E-state index in [4.69, 9.17) is 23.7 Å². The summed E-state index contributed by atoms with van der Waals surface area (Å²) in [7, 11) is 5.97. The highest BCUT2D eigenvalue weighted by molar-refractivity contribution is 7.96. The number of methoxy groups -OCH3 is 4. The number of nitro groups is 1. The van der Waals surface area contributed by atoms with Gasteiger partial charge >= 0.3 is 11.9 Å². The lowest BCUT2D eigenvalue weighted by molar-refractivity contribution is -0.384. The highest BCUT2D eigenvalue weighted by atomic mass is 31.2. The molecule has 0 fully saturated rings. The second kappa shape index (κ2) is 13.6. The van der Waals surface area contributed by atoms with E-state index in [1.54, 1.807) is 21.3 Å². The van der Waals surface area contributed by atoms with Crippen LogP contribution in [-0.2, 0) is 19.1 Å². The second-order valence-electron chi connectivity index (χ2n) is 9.91. The van der Waals surface area contributed by atoms with Gasteiger partial charge in [-0.05, 0) is 77.4 Å². The van der Waals surface area contributed by atoms with E-state index >= 15 is 0 Å². The molecule has 0 aromatic heterocycles. The average Bonchev–Trinajstić information content (AvgIpc) is 3.44. The molecule has 1 aliphatic rings. The molecule has 0 spiro atoms. The first-order chi connectivity index (χ1) is 22.3. The Hall–Kier alpha value is -5.60. The third-order valence-corrected chi connectivity index (χ3v) is 11.8. The van der Waals surface area contributed by atoms with Crippen molar-refractivity contribution in [3.8, 4) is 17.2 Å². The molecule has 4 aromatic rings.